The number of hydrogen-bond donors (Lipinski definition) is 1. The van der Waals surface area contributed by atoms with Gasteiger partial charge >= 0.3 is 5.97 Å². The molecule has 0 radical (unpaired) electrons. The lowest BCUT2D eigenvalue weighted by Gasteiger charge is -2.54. The highest BCUT2D eigenvalue weighted by Gasteiger charge is 2.60. The maximum Gasteiger partial charge on any atom is 0.314 e. The molecule has 1 saturated heterocycles. The molecule has 1 fully saturated rings. The van der Waals surface area contributed by atoms with Crippen molar-refractivity contribution in [2.45, 2.75) is 110 Å². The molecule has 8 heteroatoms. The van der Waals surface area contributed by atoms with Crippen molar-refractivity contribution in [3.05, 3.63) is 0 Å². The number of esters is 1. The van der Waals surface area contributed by atoms with E-state index in [1.807, 2.05) is 6.92 Å². The average molecular weight is 477 g/mol. The third-order valence-electron chi connectivity index (χ3n) is 6.93. The van der Waals surface area contributed by atoms with E-state index >= 15 is 0 Å². The van der Waals surface area contributed by atoms with Gasteiger partial charge in [-0.25, -0.2) is 0 Å². The Morgan fingerprint density at radius 3 is 2.06 bits per heavy atom. The Hall–Kier alpha value is -0.513. The van der Waals surface area contributed by atoms with Crippen LogP contribution in [0, 0.1) is 17.8 Å². The number of carbonyl (C=O) groups excluding carboxylic acids is 1. The topological polar surface area (TPSA) is 83.5 Å². The van der Waals surface area contributed by atoms with Gasteiger partial charge in [-0.3, -0.25) is 4.79 Å². The molecule has 1 heterocycles. The predicted octanol–water partition coefficient (Wildman–Crippen LogP) is 4.38. The number of ether oxygens (including phenoxy) is 4. The number of carbonyl (C=O) groups is 1. The standard InChI is InChI=1S/C24H48O7Si/c1-15(14-27-10)18-16(2)19(31-32(12,13)23(7,8)9)20(28-11)24(26,29-18)17(3)21(25)30-22(4,5)6/h15-20,26H,14H2,1-13H3/t15-,16+,17-,18-,19-,20+,24+/m0/s1. The molecule has 32 heavy (non-hydrogen) atoms. The van der Waals surface area contributed by atoms with Crippen molar-refractivity contribution in [2.24, 2.45) is 17.8 Å². The quantitative estimate of drug-likeness (QED) is 0.411. The minimum atomic E-state index is -2.23. The molecule has 0 aromatic carbocycles. The second-order valence-corrected chi connectivity index (χ2v) is 16.6. The Morgan fingerprint density at radius 1 is 1.12 bits per heavy atom. The Morgan fingerprint density at radius 2 is 1.66 bits per heavy atom. The summed E-state index contributed by atoms with van der Waals surface area (Å²) in [7, 11) is 0.930. The highest BCUT2D eigenvalue weighted by Crippen LogP contribution is 2.46. The molecule has 7 nitrogen and oxygen atoms in total. The molecule has 1 aliphatic rings. The van der Waals surface area contributed by atoms with Gasteiger partial charge in [0.2, 0.25) is 5.79 Å². The molecule has 190 valence electrons. The van der Waals surface area contributed by atoms with Crippen LogP contribution in [-0.2, 0) is 28.2 Å². The van der Waals surface area contributed by atoms with E-state index in [0.717, 1.165) is 0 Å². The van der Waals surface area contributed by atoms with Crippen LogP contribution in [0.1, 0.15) is 62.3 Å². The third-order valence-corrected chi connectivity index (χ3v) is 11.4. The van der Waals surface area contributed by atoms with Crippen molar-refractivity contribution in [1.29, 1.82) is 0 Å². The molecule has 0 aliphatic carbocycles. The van der Waals surface area contributed by atoms with Crippen LogP contribution in [0.3, 0.4) is 0 Å². The first-order valence-corrected chi connectivity index (χ1v) is 14.6. The summed E-state index contributed by atoms with van der Waals surface area (Å²) < 4.78 is 29.9. The minimum absolute atomic E-state index is 0.0318. The van der Waals surface area contributed by atoms with Crippen molar-refractivity contribution < 1.29 is 33.3 Å². The molecule has 0 bridgehead atoms. The van der Waals surface area contributed by atoms with Crippen LogP contribution in [0.5, 0.6) is 0 Å². The predicted molar refractivity (Wildman–Crippen MR) is 128 cm³/mol. The van der Waals surface area contributed by atoms with Gasteiger partial charge in [-0.1, -0.05) is 34.6 Å². The summed E-state index contributed by atoms with van der Waals surface area (Å²) in [5, 5.41) is 11.9. The minimum Gasteiger partial charge on any atom is -0.460 e. The van der Waals surface area contributed by atoms with Gasteiger partial charge in [0.15, 0.2) is 8.32 Å². The monoisotopic (exact) mass is 476 g/mol. The molecule has 0 amide bonds. The molecule has 7 atom stereocenters. The van der Waals surface area contributed by atoms with Crippen LogP contribution >= 0.6 is 0 Å². The summed E-state index contributed by atoms with van der Waals surface area (Å²) >= 11 is 0. The molecule has 0 unspecified atom stereocenters. The summed E-state index contributed by atoms with van der Waals surface area (Å²) in [5.41, 5.74) is -0.688. The molecular formula is C24H48O7Si. The van der Waals surface area contributed by atoms with Gasteiger partial charge in [0.1, 0.15) is 17.6 Å². The maximum atomic E-state index is 13.0. The zero-order valence-electron chi connectivity index (χ0n) is 22.6. The highest BCUT2D eigenvalue weighted by molar-refractivity contribution is 6.74. The van der Waals surface area contributed by atoms with E-state index in [-0.39, 0.29) is 16.9 Å². The van der Waals surface area contributed by atoms with E-state index in [4.69, 9.17) is 23.4 Å². The first-order chi connectivity index (χ1) is 14.3. The van der Waals surface area contributed by atoms with Gasteiger partial charge in [-0.2, -0.15) is 0 Å². The van der Waals surface area contributed by atoms with E-state index in [9.17, 15) is 9.90 Å². The lowest BCUT2D eigenvalue weighted by molar-refractivity contribution is -0.361. The first-order valence-electron chi connectivity index (χ1n) is 11.6. The van der Waals surface area contributed by atoms with Gasteiger partial charge in [0, 0.05) is 26.1 Å². The molecule has 0 spiro atoms. The fraction of sp³-hybridized carbons (Fsp3) is 0.958. The van der Waals surface area contributed by atoms with Crippen LogP contribution in [-0.4, -0.2) is 69.9 Å². The SMILES string of the molecule is COC[C@H](C)[C@@H]1O[C@](O)([C@@H](C)C(=O)OC(C)(C)C)[C@H](OC)[C@@H](O[Si](C)(C)C(C)(C)C)[C@@H]1C. The lowest BCUT2D eigenvalue weighted by atomic mass is 9.78. The van der Waals surface area contributed by atoms with E-state index in [2.05, 4.69) is 40.8 Å². The first kappa shape index (κ1) is 29.5. The normalized spacial score (nSPS) is 31.8. The number of rotatable bonds is 8. The van der Waals surface area contributed by atoms with Crippen molar-refractivity contribution >= 4 is 14.3 Å². The second kappa shape index (κ2) is 10.4. The Balaban J connectivity index is 3.49. The van der Waals surface area contributed by atoms with Crippen molar-refractivity contribution in [3.8, 4) is 0 Å². The number of hydrogen-bond acceptors (Lipinski definition) is 7. The average Bonchev–Trinajstić information content (AvgIpc) is 2.61. The lowest BCUT2D eigenvalue weighted by Crippen LogP contribution is -2.69. The van der Waals surface area contributed by atoms with Crippen molar-refractivity contribution in [1.82, 2.24) is 0 Å². The summed E-state index contributed by atoms with van der Waals surface area (Å²) in [6, 6.07) is 0. The molecule has 1 N–H and O–H groups in total. The van der Waals surface area contributed by atoms with E-state index in [1.54, 1.807) is 34.8 Å². The van der Waals surface area contributed by atoms with Crippen LogP contribution in [0.2, 0.25) is 18.1 Å². The van der Waals surface area contributed by atoms with Crippen LogP contribution in [0.15, 0.2) is 0 Å². The third kappa shape index (κ3) is 6.54. The van der Waals surface area contributed by atoms with Crippen LogP contribution in [0.4, 0.5) is 0 Å². The molecule has 0 saturated carbocycles. The van der Waals surface area contributed by atoms with E-state index < -0.39 is 49.9 Å². The summed E-state index contributed by atoms with van der Waals surface area (Å²) in [4.78, 5) is 13.0. The summed E-state index contributed by atoms with van der Waals surface area (Å²) in [6.07, 6.45) is -1.72. The van der Waals surface area contributed by atoms with Crippen molar-refractivity contribution in [2.75, 3.05) is 20.8 Å². The van der Waals surface area contributed by atoms with E-state index in [0.29, 0.717) is 6.61 Å². The van der Waals surface area contributed by atoms with Crippen molar-refractivity contribution in [3.63, 3.8) is 0 Å². The Labute approximate surface area is 196 Å². The molecule has 0 aromatic heterocycles. The van der Waals surface area contributed by atoms with Crippen LogP contribution in [0.25, 0.3) is 0 Å². The zero-order chi connectivity index (χ0) is 25.3. The van der Waals surface area contributed by atoms with Gasteiger partial charge in [0.05, 0.1) is 18.8 Å². The Kier molecular flexibility index (Phi) is 9.59. The molecule has 0 aromatic rings. The summed E-state index contributed by atoms with van der Waals surface area (Å²) in [5.74, 6) is -3.56. The van der Waals surface area contributed by atoms with Gasteiger partial charge in [0.25, 0.3) is 0 Å². The van der Waals surface area contributed by atoms with Crippen LogP contribution < -0.4 is 0 Å². The van der Waals surface area contributed by atoms with Gasteiger partial charge in [-0.15, -0.1) is 0 Å². The van der Waals surface area contributed by atoms with E-state index in [1.165, 1.54) is 7.11 Å². The number of aliphatic hydroxyl groups is 1. The largest absolute Gasteiger partial charge is 0.460 e. The van der Waals surface area contributed by atoms with Gasteiger partial charge < -0.3 is 28.5 Å². The van der Waals surface area contributed by atoms with Gasteiger partial charge in [-0.05, 0) is 45.8 Å². The number of methoxy groups -OCH3 is 2. The fourth-order valence-electron chi connectivity index (χ4n) is 3.98. The molecule has 1 aliphatic heterocycles. The zero-order valence-corrected chi connectivity index (χ0v) is 23.6. The fourth-order valence-corrected chi connectivity index (χ4v) is 5.35. The summed E-state index contributed by atoms with van der Waals surface area (Å²) in [6.45, 7) is 22.4. The Bertz CT molecular complexity index is 625. The molecular weight excluding hydrogens is 428 g/mol. The second-order valence-electron chi connectivity index (χ2n) is 11.9. The smallest absolute Gasteiger partial charge is 0.314 e. The maximum absolute atomic E-state index is 13.0. The highest BCUT2D eigenvalue weighted by atomic mass is 28.4. The molecule has 1 rings (SSSR count).